The highest BCUT2D eigenvalue weighted by Crippen LogP contribution is 2.20. The van der Waals surface area contributed by atoms with Gasteiger partial charge < -0.3 is 10.1 Å². The summed E-state index contributed by atoms with van der Waals surface area (Å²) in [4.78, 5) is 11.5. The monoisotopic (exact) mass is 196 g/mol. The van der Waals surface area contributed by atoms with E-state index < -0.39 is 0 Å². The van der Waals surface area contributed by atoms with Crippen LogP contribution in [0.2, 0.25) is 0 Å². The Balaban J connectivity index is 2.18. The molecule has 1 aliphatic heterocycles. The Bertz CT molecular complexity index is 235. The van der Waals surface area contributed by atoms with Gasteiger partial charge in [-0.15, -0.1) is 0 Å². The fourth-order valence-corrected chi connectivity index (χ4v) is 1.59. The van der Waals surface area contributed by atoms with Crippen molar-refractivity contribution < 1.29 is 9.53 Å². The number of hydrogen-bond acceptors (Lipinski definition) is 3. The van der Waals surface area contributed by atoms with Crippen molar-refractivity contribution in [1.29, 1.82) is 5.26 Å². The SMILES string of the molecule is CC1OCCC1C(=O)NCCCC#N. The number of unbranched alkanes of at least 4 members (excludes halogenated alkanes) is 1. The Morgan fingerprint density at radius 2 is 2.50 bits per heavy atom. The molecule has 14 heavy (non-hydrogen) atoms. The van der Waals surface area contributed by atoms with Crippen LogP contribution in [0.3, 0.4) is 0 Å². The maximum absolute atomic E-state index is 11.5. The summed E-state index contributed by atoms with van der Waals surface area (Å²) in [6, 6.07) is 2.04. The second-order valence-corrected chi connectivity index (χ2v) is 3.52. The zero-order chi connectivity index (χ0) is 10.4. The van der Waals surface area contributed by atoms with Crippen LogP contribution >= 0.6 is 0 Å². The molecular weight excluding hydrogens is 180 g/mol. The maximum Gasteiger partial charge on any atom is 0.225 e. The van der Waals surface area contributed by atoms with Crippen molar-refractivity contribution in [2.45, 2.75) is 32.3 Å². The fourth-order valence-electron chi connectivity index (χ4n) is 1.59. The number of carbonyl (C=O) groups excluding carboxylic acids is 1. The molecule has 1 N–H and O–H groups in total. The molecular formula is C10H16N2O2. The van der Waals surface area contributed by atoms with E-state index in [0.29, 0.717) is 19.6 Å². The van der Waals surface area contributed by atoms with Crippen molar-refractivity contribution >= 4 is 5.91 Å². The summed E-state index contributed by atoms with van der Waals surface area (Å²) < 4.78 is 5.30. The van der Waals surface area contributed by atoms with Gasteiger partial charge in [0.2, 0.25) is 5.91 Å². The Labute approximate surface area is 84.2 Å². The molecule has 0 aromatic heterocycles. The fraction of sp³-hybridized carbons (Fsp3) is 0.800. The summed E-state index contributed by atoms with van der Waals surface area (Å²) in [7, 11) is 0. The van der Waals surface area contributed by atoms with Gasteiger partial charge in [0.25, 0.3) is 0 Å². The third-order valence-electron chi connectivity index (χ3n) is 2.48. The quantitative estimate of drug-likeness (QED) is 0.677. The van der Waals surface area contributed by atoms with Gasteiger partial charge in [-0.2, -0.15) is 5.26 Å². The van der Waals surface area contributed by atoms with Crippen molar-refractivity contribution in [3.8, 4) is 6.07 Å². The normalized spacial score (nSPS) is 25.7. The lowest BCUT2D eigenvalue weighted by atomic mass is 10.0. The second-order valence-electron chi connectivity index (χ2n) is 3.52. The number of ether oxygens (including phenoxy) is 1. The lowest BCUT2D eigenvalue weighted by Crippen LogP contribution is -2.34. The zero-order valence-corrected chi connectivity index (χ0v) is 8.45. The highest BCUT2D eigenvalue weighted by molar-refractivity contribution is 5.79. The Morgan fingerprint density at radius 3 is 3.07 bits per heavy atom. The lowest BCUT2D eigenvalue weighted by Gasteiger charge is -2.13. The van der Waals surface area contributed by atoms with Crippen LogP contribution in [0.5, 0.6) is 0 Å². The van der Waals surface area contributed by atoms with Crippen LogP contribution in [0.25, 0.3) is 0 Å². The smallest absolute Gasteiger partial charge is 0.225 e. The number of hydrogen-bond donors (Lipinski definition) is 1. The maximum atomic E-state index is 11.5. The number of rotatable bonds is 4. The van der Waals surface area contributed by atoms with Gasteiger partial charge in [0.05, 0.1) is 18.1 Å². The first-order chi connectivity index (χ1) is 6.75. The molecule has 4 heteroatoms. The van der Waals surface area contributed by atoms with E-state index in [9.17, 15) is 4.79 Å². The average molecular weight is 196 g/mol. The molecule has 78 valence electrons. The summed E-state index contributed by atoms with van der Waals surface area (Å²) >= 11 is 0. The van der Waals surface area contributed by atoms with Gasteiger partial charge in [-0.25, -0.2) is 0 Å². The van der Waals surface area contributed by atoms with E-state index in [0.717, 1.165) is 12.8 Å². The Kier molecular flexibility index (Phi) is 4.41. The Morgan fingerprint density at radius 1 is 1.71 bits per heavy atom. The molecule has 0 aromatic rings. The third-order valence-corrected chi connectivity index (χ3v) is 2.48. The molecule has 1 rings (SSSR count). The molecule has 0 radical (unpaired) electrons. The van der Waals surface area contributed by atoms with E-state index in [-0.39, 0.29) is 17.9 Å². The molecule has 0 saturated carbocycles. The van der Waals surface area contributed by atoms with Gasteiger partial charge in [-0.1, -0.05) is 0 Å². The Hall–Kier alpha value is -1.08. The molecule has 1 aliphatic rings. The van der Waals surface area contributed by atoms with Crippen molar-refractivity contribution in [3.63, 3.8) is 0 Å². The predicted molar refractivity (Wildman–Crippen MR) is 51.4 cm³/mol. The lowest BCUT2D eigenvalue weighted by molar-refractivity contribution is -0.126. The minimum Gasteiger partial charge on any atom is -0.378 e. The van der Waals surface area contributed by atoms with Crippen LogP contribution in [-0.4, -0.2) is 25.2 Å². The van der Waals surface area contributed by atoms with E-state index in [2.05, 4.69) is 5.32 Å². The summed E-state index contributed by atoms with van der Waals surface area (Å²) in [5, 5.41) is 11.1. The van der Waals surface area contributed by atoms with Crippen LogP contribution in [0, 0.1) is 17.2 Å². The van der Waals surface area contributed by atoms with E-state index in [4.69, 9.17) is 10.00 Å². The van der Waals surface area contributed by atoms with Crippen molar-refractivity contribution in [3.05, 3.63) is 0 Å². The predicted octanol–water partition coefficient (Wildman–Crippen LogP) is 0.831. The van der Waals surface area contributed by atoms with Gasteiger partial charge in [-0.05, 0) is 19.8 Å². The summed E-state index contributed by atoms with van der Waals surface area (Å²) in [6.07, 6.45) is 2.07. The molecule has 1 fully saturated rings. The molecule has 0 aromatic carbocycles. The molecule has 2 atom stereocenters. The number of amides is 1. The average Bonchev–Trinajstić information content (AvgIpc) is 2.59. The first-order valence-corrected chi connectivity index (χ1v) is 5.02. The van der Waals surface area contributed by atoms with Crippen molar-refractivity contribution in [2.75, 3.05) is 13.2 Å². The molecule has 0 aliphatic carbocycles. The van der Waals surface area contributed by atoms with Crippen LogP contribution < -0.4 is 5.32 Å². The number of nitrogens with zero attached hydrogens (tertiary/aromatic N) is 1. The molecule has 2 unspecified atom stereocenters. The highest BCUT2D eigenvalue weighted by Gasteiger charge is 2.30. The topological polar surface area (TPSA) is 62.1 Å². The van der Waals surface area contributed by atoms with E-state index >= 15 is 0 Å². The zero-order valence-electron chi connectivity index (χ0n) is 8.45. The summed E-state index contributed by atoms with van der Waals surface area (Å²) in [5.74, 6) is 0.0602. The molecule has 0 spiro atoms. The first kappa shape index (κ1) is 11.0. The van der Waals surface area contributed by atoms with Crippen LogP contribution in [-0.2, 0) is 9.53 Å². The van der Waals surface area contributed by atoms with E-state index in [1.54, 1.807) is 0 Å². The molecule has 1 saturated heterocycles. The van der Waals surface area contributed by atoms with Gasteiger partial charge >= 0.3 is 0 Å². The number of carbonyl (C=O) groups is 1. The standard InChI is InChI=1S/C10H16N2O2/c1-8-9(4-7-14-8)10(13)12-6-3-2-5-11/h8-9H,2-4,6-7H2,1H3,(H,12,13). The van der Waals surface area contributed by atoms with Crippen molar-refractivity contribution in [2.24, 2.45) is 5.92 Å². The molecule has 1 amide bonds. The van der Waals surface area contributed by atoms with E-state index in [1.165, 1.54) is 0 Å². The first-order valence-electron chi connectivity index (χ1n) is 5.02. The van der Waals surface area contributed by atoms with Gasteiger partial charge in [-0.3, -0.25) is 4.79 Å². The summed E-state index contributed by atoms with van der Waals surface area (Å²) in [6.45, 7) is 3.19. The van der Waals surface area contributed by atoms with Gasteiger partial charge in [0.15, 0.2) is 0 Å². The number of nitrogens with one attached hydrogen (secondary N) is 1. The highest BCUT2D eigenvalue weighted by atomic mass is 16.5. The molecule has 1 heterocycles. The van der Waals surface area contributed by atoms with Gasteiger partial charge in [0.1, 0.15) is 0 Å². The minimum absolute atomic E-state index is 0.00270. The van der Waals surface area contributed by atoms with Gasteiger partial charge in [0, 0.05) is 19.6 Å². The van der Waals surface area contributed by atoms with Crippen molar-refractivity contribution in [1.82, 2.24) is 5.32 Å². The number of nitriles is 1. The van der Waals surface area contributed by atoms with Crippen LogP contribution in [0.15, 0.2) is 0 Å². The second kappa shape index (κ2) is 5.61. The third kappa shape index (κ3) is 3.00. The summed E-state index contributed by atoms with van der Waals surface area (Å²) in [5.41, 5.74) is 0. The van der Waals surface area contributed by atoms with Crippen LogP contribution in [0.4, 0.5) is 0 Å². The van der Waals surface area contributed by atoms with E-state index in [1.807, 2.05) is 13.0 Å². The van der Waals surface area contributed by atoms with Crippen LogP contribution in [0.1, 0.15) is 26.2 Å². The minimum atomic E-state index is -0.00270. The molecule has 4 nitrogen and oxygen atoms in total. The largest absolute Gasteiger partial charge is 0.378 e. The molecule has 0 bridgehead atoms.